The van der Waals surface area contributed by atoms with Crippen molar-refractivity contribution in [1.29, 1.82) is 0 Å². The quantitative estimate of drug-likeness (QED) is 0.826. The zero-order valence-corrected chi connectivity index (χ0v) is 10.6. The molecule has 4 heteroatoms. The molecule has 0 aliphatic heterocycles. The van der Waals surface area contributed by atoms with Crippen molar-refractivity contribution in [1.82, 2.24) is 0 Å². The first-order valence-electron chi connectivity index (χ1n) is 5.88. The van der Waals surface area contributed by atoms with Crippen LogP contribution in [-0.4, -0.2) is 11.1 Å². The van der Waals surface area contributed by atoms with Gasteiger partial charge in [0.25, 0.3) is 0 Å². The number of rotatable bonds is 4. The number of ether oxygens (including phenoxy) is 1. The molecule has 19 heavy (non-hydrogen) atoms. The summed E-state index contributed by atoms with van der Waals surface area (Å²) in [5.74, 6) is -0.608. The van der Waals surface area contributed by atoms with Gasteiger partial charge in [0.2, 0.25) is 0 Å². The molecule has 0 saturated heterocycles. The van der Waals surface area contributed by atoms with E-state index < -0.39 is 5.97 Å². The Bertz CT molecular complexity index is 608. The maximum atomic E-state index is 10.9. The summed E-state index contributed by atoms with van der Waals surface area (Å²) < 4.78 is 5.61. The van der Waals surface area contributed by atoms with Crippen molar-refractivity contribution in [2.75, 3.05) is 5.73 Å². The number of carboxylic acid groups (broad SMARTS) is 1. The van der Waals surface area contributed by atoms with Crippen molar-refractivity contribution >= 4 is 11.7 Å². The lowest BCUT2D eigenvalue weighted by Crippen LogP contribution is -2.03. The molecular formula is C15H15NO3. The summed E-state index contributed by atoms with van der Waals surface area (Å²) in [6.07, 6.45) is 0. The van der Waals surface area contributed by atoms with E-state index in [1.54, 1.807) is 0 Å². The van der Waals surface area contributed by atoms with Crippen molar-refractivity contribution in [3.63, 3.8) is 0 Å². The van der Waals surface area contributed by atoms with Crippen LogP contribution in [0.1, 0.15) is 21.5 Å². The standard InChI is InChI=1S/C15H15NO3/c1-10-4-2-3-5-12(10)9-19-14-8-11(15(17)18)6-7-13(14)16/h2-8H,9,16H2,1H3,(H,17,18). The minimum atomic E-state index is -0.999. The molecule has 0 saturated carbocycles. The number of nitrogen functional groups attached to an aromatic ring is 1. The Hall–Kier alpha value is -2.49. The third kappa shape index (κ3) is 3.04. The topological polar surface area (TPSA) is 72.5 Å². The first-order valence-corrected chi connectivity index (χ1v) is 5.88. The number of hydrogen-bond donors (Lipinski definition) is 2. The van der Waals surface area contributed by atoms with Gasteiger partial charge in [-0.15, -0.1) is 0 Å². The van der Waals surface area contributed by atoms with E-state index in [4.69, 9.17) is 15.6 Å². The van der Waals surface area contributed by atoms with Gasteiger partial charge in [0.05, 0.1) is 11.3 Å². The molecule has 0 bridgehead atoms. The summed E-state index contributed by atoms with van der Waals surface area (Å²) in [5, 5.41) is 8.93. The molecule has 0 heterocycles. The summed E-state index contributed by atoms with van der Waals surface area (Å²) in [6, 6.07) is 12.3. The molecule has 0 aliphatic carbocycles. The second-order valence-electron chi connectivity index (χ2n) is 4.27. The maximum absolute atomic E-state index is 10.9. The van der Waals surface area contributed by atoms with Crippen molar-refractivity contribution in [3.8, 4) is 5.75 Å². The molecule has 0 aliphatic rings. The highest BCUT2D eigenvalue weighted by atomic mass is 16.5. The lowest BCUT2D eigenvalue weighted by molar-refractivity contribution is 0.0696. The molecule has 0 unspecified atom stereocenters. The van der Waals surface area contributed by atoms with Gasteiger partial charge in [-0.05, 0) is 36.2 Å². The average molecular weight is 257 g/mol. The van der Waals surface area contributed by atoms with Crippen molar-refractivity contribution in [2.45, 2.75) is 13.5 Å². The van der Waals surface area contributed by atoms with E-state index in [9.17, 15) is 4.79 Å². The van der Waals surface area contributed by atoms with Crippen LogP contribution in [-0.2, 0) is 6.61 Å². The van der Waals surface area contributed by atoms with Gasteiger partial charge < -0.3 is 15.6 Å². The first kappa shape index (κ1) is 13.0. The maximum Gasteiger partial charge on any atom is 0.335 e. The molecule has 2 aromatic rings. The van der Waals surface area contributed by atoms with Crippen LogP contribution in [0.25, 0.3) is 0 Å². The summed E-state index contributed by atoms with van der Waals surface area (Å²) in [6.45, 7) is 2.36. The van der Waals surface area contributed by atoms with E-state index in [2.05, 4.69) is 0 Å². The van der Waals surface area contributed by atoms with Gasteiger partial charge in [-0.1, -0.05) is 24.3 Å². The molecular weight excluding hydrogens is 242 g/mol. The van der Waals surface area contributed by atoms with Crippen LogP contribution in [0.15, 0.2) is 42.5 Å². The largest absolute Gasteiger partial charge is 0.487 e. The van der Waals surface area contributed by atoms with Gasteiger partial charge >= 0.3 is 5.97 Å². The van der Waals surface area contributed by atoms with Gasteiger partial charge in [-0.3, -0.25) is 0 Å². The van der Waals surface area contributed by atoms with E-state index in [0.717, 1.165) is 11.1 Å². The molecule has 0 atom stereocenters. The number of benzene rings is 2. The van der Waals surface area contributed by atoms with Gasteiger partial charge in [0.1, 0.15) is 12.4 Å². The Kier molecular flexibility index (Phi) is 3.71. The fourth-order valence-corrected chi connectivity index (χ4v) is 1.72. The molecule has 2 rings (SSSR count). The minimum absolute atomic E-state index is 0.161. The molecule has 98 valence electrons. The van der Waals surface area contributed by atoms with Crippen molar-refractivity contribution < 1.29 is 14.6 Å². The molecule has 0 amide bonds. The van der Waals surface area contributed by atoms with Gasteiger partial charge in [-0.2, -0.15) is 0 Å². The first-order chi connectivity index (χ1) is 9.08. The molecule has 3 N–H and O–H groups in total. The number of nitrogens with two attached hydrogens (primary N) is 1. The average Bonchev–Trinajstić information content (AvgIpc) is 2.39. The summed E-state index contributed by atoms with van der Waals surface area (Å²) in [4.78, 5) is 10.9. The van der Waals surface area contributed by atoms with E-state index in [-0.39, 0.29) is 5.56 Å². The lowest BCUT2D eigenvalue weighted by atomic mass is 10.1. The molecule has 0 spiro atoms. The molecule has 4 nitrogen and oxygen atoms in total. The second kappa shape index (κ2) is 5.44. The zero-order chi connectivity index (χ0) is 13.8. The third-order valence-corrected chi connectivity index (χ3v) is 2.90. The highest BCUT2D eigenvalue weighted by Gasteiger charge is 2.08. The van der Waals surface area contributed by atoms with Crippen molar-refractivity contribution in [2.24, 2.45) is 0 Å². The normalized spacial score (nSPS) is 10.2. The van der Waals surface area contributed by atoms with Gasteiger partial charge in [-0.25, -0.2) is 4.79 Å². The van der Waals surface area contributed by atoms with Crippen LogP contribution in [0.3, 0.4) is 0 Å². The number of aryl methyl sites for hydroxylation is 1. The van der Waals surface area contributed by atoms with Crippen LogP contribution < -0.4 is 10.5 Å². The molecule has 0 fully saturated rings. The number of hydrogen-bond acceptors (Lipinski definition) is 3. The number of carbonyl (C=O) groups is 1. The smallest absolute Gasteiger partial charge is 0.335 e. The Labute approximate surface area is 111 Å². The van der Waals surface area contributed by atoms with E-state index >= 15 is 0 Å². The summed E-state index contributed by atoms with van der Waals surface area (Å²) >= 11 is 0. The highest BCUT2D eigenvalue weighted by molar-refractivity contribution is 5.89. The predicted octanol–water partition coefficient (Wildman–Crippen LogP) is 2.85. The zero-order valence-electron chi connectivity index (χ0n) is 10.6. The Morgan fingerprint density at radius 2 is 2.00 bits per heavy atom. The highest BCUT2D eigenvalue weighted by Crippen LogP contribution is 2.24. The number of carboxylic acids is 1. The summed E-state index contributed by atoms with van der Waals surface area (Å²) in [7, 11) is 0. The molecule has 0 aromatic heterocycles. The summed E-state index contributed by atoms with van der Waals surface area (Å²) in [5.41, 5.74) is 8.53. The SMILES string of the molecule is Cc1ccccc1COc1cc(C(=O)O)ccc1N. The van der Waals surface area contributed by atoms with E-state index in [0.29, 0.717) is 18.0 Å². The minimum Gasteiger partial charge on any atom is -0.487 e. The Morgan fingerprint density at radius 3 is 2.68 bits per heavy atom. The van der Waals surface area contributed by atoms with E-state index in [1.165, 1.54) is 18.2 Å². The lowest BCUT2D eigenvalue weighted by Gasteiger charge is -2.11. The van der Waals surface area contributed by atoms with Crippen LogP contribution in [0, 0.1) is 6.92 Å². The number of anilines is 1. The fourth-order valence-electron chi connectivity index (χ4n) is 1.72. The van der Waals surface area contributed by atoms with E-state index in [1.807, 2.05) is 31.2 Å². The fraction of sp³-hybridized carbons (Fsp3) is 0.133. The monoisotopic (exact) mass is 257 g/mol. The number of aromatic carboxylic acids is 1. The predicted molar refractivity (Wildman–Crippen MR) is 73.3 cm³/mol. The van der Waals surface area contributed by atoms with Crippen LogP contribution in [0.2, 0.25) is 0 Å². The Balaban J connectivity index is 2.17. The van der Waals surface area contributed by atoms with Gasteiger partial charge in [0, 0.05) is 0 Å². The van der Waals surface area contributed by atoms with Crippen molar-refractivity contribution in [3.05, 3.63) is 59.2 Å². The van der Waals surface area contributed by atoms with Crippen LogP contribution in [0.5, 0.6) is 5.75 Å². The third-order valence-electron chi connectivity index (χ3n) is 2.90. The second-order valence-corrected chi connectivity index (χ2v) is 4.27. The molecule has 2 aromatic carbocycles. The van der Waals surface area contributed by atoms with Gasteiger partial charge in [0.15, 0.2) is 0 Å². The van der Waals surface area contributed by atoms with Crippen LogP contribution in [0.4, 0.5) is 5.69 Å². The molecule has 0 radical (unpaired) electrons. The Morgan fingerprint density at radius 1 is 1.26 bits per heavy atom. The van der Waals surface area contributed by atoms with Crippen LogP contribution >= 0.6 is 0 Å².